The number of H-pyrrole nitrogens is 1. The van der Waals surface area contributed by atoms with Crippen LogP contribution in [0.1, 0.15) is 11.4 Å². The number of nitrogens with one attached hydrogen (secondary N) is 1. The Morgan fingerprint density at radius 3 is 2.81 bits per heavy atom. The zero-order chi connectivity index (χ0) is 11.5. The van der Waals surface area contributed by atoms with E-state index in [4.69, 9.17) is 5.73 Å². The normalized spacial score (nSPS) is 10.4. The highest BCUT2D eigenvalue weighted by Crippen LogP contribution is 2.09. The van der Waals surface area contributed by atoms with Crippen LogP contribution in [0.25, 0.3) is 0 Å². The zero-order valence-electron chi connectivity index (χ0n) is 9.31. The first-order chi connectivity index (χ1) is 7.65. The van der Waals surface area contributed by atoms with Crippen molar-refractivity contribution in [3.8, 4) is 0 Å². The van der Waals surface area contributed by atoms with Crippen molar-refractivity contribution in [1.29, 1.82) is 0 Å². The molecule has 2 aromatic rings. The number of rotatable bonds is 3. The Kier molecular flexibility index (Phi) is 2.72. The summed E-state index contributed by atoms with van der Waals surface area (Å²) in [7, 11) is 1.90. The second-order valence-electron chi connectivity index (χ2n) is 3.65. The van der Waals surface area contributed by atoms with Gasteiger partial charge in [0.25, 0.3) is 0 Å². The highest BCUT2D eigenvalue weighted by Gasteiger charge is 2.07. The minimum atomic E-state index is 0.319. The predicted octanol–water partition coefficient (Wildman–Crippen LogP) is 0.727. The van der Waals surface area contributed by atoms with E-state index in [1.54, 1.807) is 0 Å². The first-order valence-corrected chi connectivity index (χ1v) is 4.96. The van der Waals surface area contributed by atoms with Crippen LogP contribution in [0, 0.1) is 6.92 Å². The summed E-state index contributed by atoms with van der Waals surface area (Å²) in [4.78, 5) is 10.3. The van der Waals surface area contributed by atoms with Crippen LogP contribution < -0.4 is 10.6 Å². The van der Waals surface area contributed by atoms with E-state index < -0.39 is 0 Å². The largest absolute Gasteiger partial charge is 0.368 e. The molecule has 2 aromatic heterocycles. The fourth-order valence-electron chi connectivity index (χ4n) is 1.44. The molecule has 0 aromatic carbocycles. The third kappa shape index (κ3) is 2.28. The fourth-order valence-corrected chi connectivity index (χ4v) is 1.44. The average Bonchev–Trinajstić information content (AvgIpc) is 2.65. The number of hydrogen-bond acceptors (Lipinski definition) is 5. The molecule has 0 saturated carbocycles. The lowest BCUT2D eigenvalue weighted by molar-refractivity contribution is 0.839. The van der Waals surface area contributed by atoms with Gasteiger partial charge in [-0.25, -0.2) is 5.10 Å². The minimum absolute atomic E-state index is 0.319. The van der Waals surface area contributed by atoms with Crippen LogP contribution in [-0.4, -0.2) is 27.2 Å². The van der Waals surface area contributed by atoms with Gasteiger partial charge in [-0.2, -0.15) is 4.98 Å². The molecule has 0 amide bonds. The minimum Gasteiger partial charge on any atom is -0.368 e. The molecule has 6 nitrogen and oxygen atoms in total. The number of nitrogen functional groups attached to an aromatic ring is 1. The van der Waals surface area contributed by atoms with Crippen molar-refractivity contribution in [3.05, 3.63) is 29.6 Å². The maximum atomic E-state index is 5.46. The van der Waals surface area contributed by atoms with Crippen LogP contribution in [0.3, 0.4) is 0 Å². The smallest absolute Gasteiger partial charge is 0.246 e. The quantitative estimate of drug-likeness (QED) is 0.793. The molecule has 3 N–H and O–H groups in total. The SMILES string of the molecule is Cc1cccc(CN(C)c2n[nH]c(N)n2)n1. The molecular formula is C10H14N6. The van der Waals surface area contributed by atoms with E-state index in [2.05, 4.69) is 20.2 Å². The summed E-state index contributed by atoms with van der Waals surface area (Å²) in [5.41, 5.74) is 7.44. The van der Waals surface area contributed by atoms with Gasteiger partial charge < -0.3 is 10.6 Å². The lowest BCUT2D eigenvalue weighted by Crippen LogP contribution is -2.18. The highest BCUT2D eigenvalue weighted by atomic mass is 15.4. The third-order valence-electron chi connectivity index (χ3n) is 2.18. The molecule has 0 aliphatic heterocycles. The van der Waals surface area contributed by atoms with Crippen molar-refractivity contribution in [1.82, 2.24) is 20.2 Å². The van der Waals surface area contributed by atoms with E-state index >= 15 is 0 Å². The molecule has 0 aliphatic carbocycles. The summed E-state index contributed by atoms with van der Waals surface area (Å²) < 4.78 is 0. The Balaban J connectivity index is 2.10. The van der Waals surface area contributed by atoms with Gasteiger partial charge >= 0.3 is 0 Å². The van der Waals surface area contributed by atoms with Gasteiger partial charge in [0.1, 0.15) is 0 Å². The Morgan fingerprint density at radius 1 is 1.38 bits per heavy atom. The molecule has 2 heterocycles. The number of hydrogen-bond donors (Lipinski definition) is 2. The first kappa shape index (κ1) is 10.4. The van der Waals surface area contributed by atoms with Gasteiger partial charge in [0, 0.05) is 12.7 Å². The second kappa shape index (κ2) is 4.18. The number of nitrogens with two attached hydrogens (primary N) is 1. The average molecular weight is 218 g/mol. The summed E-state index contributed by atoms with van der Waals surface area (Å²) >= 11 is 0. The molecule has 0 radical (unpaired) electrons. The molecule has 16 heavy (non-hydrogen) atoms. The van der Waals surface area contributed by atoms with E-state index in [1.807, 2.05) is 37.1 Å². The molecule has 0 saturated heterocycles. The van der Waals surface area contributed by atoms with Crippen LogP contribution in [-0.2, 0) is 6.54 Å². The number of nitrogens with zero attached hydrogens (tertiary/aromatic N) is 4. The van der Waals surface area contributed by atoms with Gasteiger partial charge in [-0.1, -0.05) is 6.07 Å². The molecule has 0 bridgehead atoms. The summed E-state index contributed by atoms with van der Waals surface area (Å²) in [6.07, 6.45) is 0. The van der Waals surface area contributed by atoms with Crippen molar-refractivity contribution in [2.75, 3.05) is 17.7 Å². The molecule has 0 spiro atoms. The Bertz CT molecular complexity index is 478. The molecule has 0 fully saturated rings. The Morgan fingerprint density at radius 2 is 2.19 bits per heavy atom. The fraction of sp³-hybridized carbons (Fsp3) is 0.300. The Labute approximate surface area is 93.5 Å². The number of aromatic amines is 1. The third-order valence-corrected chi connectivity index (χ3v) is 2.18. The molecular weight excluding hydrogens is 204 g/mol. The predicted molar refractivity (Wildman–Crippen MR) is 61.9 cm³/mol. The highest BCUT2D eigenvalue weighted by molar-refractivity contribution is 5.33. The van der Waals surface area contributed by atoms with E-state index in [9.17, 15) is 0 Å². The first-order valence-electron chi connectivity index (χ1n) is 4.96. The van der Waals surface area contributed by atoms with E-state index in [-0.39, 0.29) is 0 Å². The number of aromatic nitrogens is 4. The standard InChI is InChI=1S/C10H14N6/c1-7-4-3-5-8(12-7)6-16(2)10-13-9(11)14-15-10/h3-5H,6H2,1-2H3,(H3,11,13,14,15). The number of pyridine rings is 1. The molecule has 6 heteroatoms. The van der Waals surface area contributed by atoms with Crippen molar-refractivity contribution < 1.29 is 0 Å². The molecule has 0 aliphatic rings. The number of aryl methyl sites for hydroxylation is 1. The maximum absolute atomic E-state index is 5.46. The van der Waals surface area contributed by atoms with Gasteiger partial charge in [-0.3, -0.25) is 4.98 Å². The summed E-state index contributed by atoms with van der Waals surface area (Å²) in [5, 5.41) is 6.57. The van der Waals surface area contributed by atoms with E-state index in [1.165, 1.54) is 0 Å². The van der Waals surface area contributed by atoms with Gasteiger partial charge in [-0.15, -0.1) is 5.10 Å². The van der Waals surface area contributed by atoms with Gasteiger partial charge in [0.05, 0.1) is 12.2 Å². The molecule has 84 valence electrons. The second-order valence-corrected chi connectivity index (χ2v) is 3.65. The summed E-state index contributed by atoms with van der Waals surface area (Å²) in [6.45, 7) is 2.62. The van der Waals surface area contributed by atoms with Crippen LogP contribution >= 0.6 is 0 Å². The molecule has 0 unspecified atom stereocenters. The summed E-state index contributed by atoms with van der Waals surface area (Å²) in [6, 6.07) is 5.92. The van der Waals surface area contributed by atoms with Crippen LogP contribution in [0.4, 0.5) is 11.9 Å². The molecule has 0 atom stereocenters. The van der Waals surface area contributed by atoms with Crippen LogP contribution in [0.5, 0.6) is 0 Å². The van der Waals surface area contributed by atoms with Crippen LogP contribution in [0.15, 0.2) is 18.2 Å². The summed E-state index contributed by atoms with van der Waals surface area (Å²) in [5.74, 6) is 0.889. The monoisotopic (exact) mass is 218 g/mol. The van der Waals surface area contributed by atoms with Crippen molar-refractivity contribution in [3.63, 3.8) is 0 Å². The van der Waals surface area contributed by atoms with Crippen LogP contribution in [0.2, 0.25) is 0 Å². The van der Waals surface area contributed by atoms with Crippen molar-refractivity contribution in [2.45, 2.75) is 13.5 Å². The maximum Gasteiger partial charge on any atom is 0.246 e. The van der Waals surface area contributed by atoms with Gasteiger partial charge in [0.15, 0.2) is 0 Å². The van der Waals surface area contributed by atoms with E-state index in [0.717, 1.165) is 11.4 Å². The Hall–Kier alpha value is -2.11. The van der Waals surface area contributed by atoms with Crippen molar-refractivity contribution >= 4 is 11.9 Å². The van der Waals surface area contributed by atoms with Gasteiger partial charge in [-0.05, 0) is 19.1 Å². The lowest BCUT2D eigenvalue weighted by atomic mass is 10.3. The van der Waals surface area contributed by atoms with E-state index in [0.29, 0.717) is 18.4 Å². The topological polar surface area (TPSA) is 83.7 Å². The molecule has 2 rings (SSSR count). The number of anilines is 2. The zero-order valence-corrected chi connectivity index (χ0v) is 9.31. The lowest BCUT2D eigenvalue weighted by Gasteiger charge is -2.13. The van der Waals surface area contributed by atoms with Gasteiger partial charge in [0.2, 0.25) is 11.9 Å². The van der Waals surface area contributed by atoms with Crippen molar-refractivity contribution in [2.24, 2.45) is 0 Å².